The van der Waals surface area contributed by atoms with Gasteiger partial charge >= 0.3 is 5.97 Å². The van der Waals surface area contributed by atoms with Crippen LogP contribution in [0.4, 0.5) is 8.78 Å². The topological polar surface area (TPSA) is 77.2 Å². The molecule has 1 aromatic heterocycles. The zero-order chi connectivity index (χ0) is 19.0. The Morgan fingerprint density at radius 2 is 1.67 bits per heavy atom. The molecule has 0 unspecified atom stereocenters. The van der Waals surface area contributed by atoms with E-state index in [4.69, 9.17) is 9.94 Å². The minimum atomic E-state index is -2.52. The maximum absolute atomic E-state index is 13.0. The lowest BCUT2D eigenvalue weighted by atomic mass is 9.76. The molecule has 6 nitrogen and oxygen atoms in total. The van der Waals surface area contributed by atoms with Gasteiger partial charge in [0.05, 0.1) is 0 Å². The maximum atomic E-state index is 13.0. The molecule has 138 valence electrons. The average molecular weight is 371 g/mol. The minimum absolute atomic E-state index is 0.0665. The monoisotopic (exact) mass is 371 g/mol. The summed E-state index contributed by atoms with van der Waals surface area (Å²) in [5.74, 6) is -3.31. The van der Waals surface area contributed by atoms with E-state index in [2.05, 4.69) is 10.3 Å². The van der Waals surface area contributed by atoms with Crippen LogP contribution in [0, 0.1) is 0 Å². The summed E-state index contributed by atoms with van der Waals surface area (Å²) >= 11 is 0. The smallest absolute Gasteiger partial charge is 0.358 e. The second-order valence-electron chi connectivity index (χ2n) is 6.51. The molecule has 8 heteroatoms. The number of carboxylic acids is 1. The van der Waals surface area contributed by atoms with Crippen LogP contribution < -0.4 is 4.84 Å². The van der Waals surface area contributed by atoms with Crippen molar-refractivity contribution in [3.63, 3.8) is 0 Å². The van der Waals surface area contributed by atoms with Crippen molar-refractivity contribution in [3.05, 3.63) is 66.0 Å². The molecule has 1 aliphatic rings. The molecule has 1 heterocycles. The quantitative estimate of drug-likeness (QED) is 0.734. The van der Waals surface area contributed by atoms with Gasteiger partial charge in [0, 0.05) is 12.8 Å². The van der Waals surface area contributed by atoms with Crippen molar-refractivity contribution in [2.24, 2.45) is 0 Å². The molecule has 1 N–H and O–H groups in total. The van der Waals surface area contributed by atoms with Gasteiger partial charge in [-0.05, 0) is 40.0 Å². The van der Waals surface area contributed by atoms with Crippen LogP contribution in [0.5, 0.6) is 5.75 Å². The fourth-order valence-electron chi connectivity index (χ4n) is 3.05. The Hall–Kier alpha value is -3.29. The number of aromatic nitrogens is 3. The molecule has 3 aromatic rings. The molecule has 2 aromatic carbocycles. The highest BCUT2D eigenvalue weighted by Crippen LogP contribution is 2.48. The first kappa shape index (κ1) is 17.1. The zero-order valence-electron chi connectivity index (χ0n) is 14.0. The summed E-state index contributed by atoms with van der Waals surface area (Å²) in [5, 5.41) is 15.9. The molecule has 0 radical (unpaired) electrons. The summed E-state index contributed by atoms with van der Waals surface area (Å²) in [6, 6.07) is 14.7. The number of hydrogen-bond acceptors (Lipinski definition) is 4. The van der Waals surface area contributed by atoms with Crippen molar-refractivity contribution >= 4 is 5.97 Å². The highest BCUT2D eigenvalue weighted by atomic mass is 19.3. The predicted octanol–water partition coefficient (Wildman–Crippen LogP) is 4.00. The van der Waals surface area contributed by atoms with Crippen LogP contribution in [0.1, 0.15) is 34.8 Å². The highest BCUT2D eigenvalue weighted by molar-refractivity contribution is 5.84. The second kappa shape index (κ2) is 6.46. The van der Waals surface area contributed by atoms with Crippen LogP contribution in [0.15, 0.2) is 54.7 Å². The van der Waals surface area contributed by atoms with E-state index in [1.165, 1.54) is 6.20 Å². The third kappa shape index (κ3) is 3.64. The Balaban J connectivity index is 1.43. The second-order valence-corrected chi connectivity index (χ2v) is 6.51. The normalized spacial score (nSPS) is 15.9. The average Bonchev–Trinajstić information content (AvgIpc) is 3.09. The standard InChI is InChI=1S/C19H15F2N3O3/c20-19(21)9-15(10-19)14-3-1-12(2-4-14)13-5-7-16(8-6-13)27-24-11-17(18(25)26)22-23-24/h1-8,11,15H,9-10H2,(H,25,26). The summed E-state index contributed by atoms with van der Waals surface area (Å²) in [4.78, 5) is 17.2. The number of carboxylic acid groups (broad SMARTS) is 1. The number of hydrogen-bond donors (Lipinski definition) is 1. The molecule has 0 amide bonds. The van der Waals surface area contributed by atoms with E-state index in [0.717, 1.165) is 21.5 Å². The van der Waals surface area contributed by atoms with E-state index >= 15 is 0 Å². The molecular weight excluding hydrogens is 356 g/mol. The van der Waals surface area contributed by atoms with E-state index in [1.807, 2.05) is 36.4 Å². The van der Waals surface area contributed by atoms with Crippen LogP contribution in [0.2, 0.25) is 0 Å². The molecule has 0 spiro atoms. The Labute approximate surface area is 153 Å². The number of aromatic carboxylic acids is 1. The van der Waals surface area contributed by atoms with E-state index < -0.39 is 11.9 Å². The minimum Gasteiger partial charge on any atom is -0.476 e. The number of carbonyl (C=O) groups is 1. The summed E-state index contributed by atoms with van der Waals surface area (Å²) in [7, 11) is 0. The van der Waals surface area contributed by atoms with Gasteiger partial charge in [-0.15, -0.1) is 5.10 Å². The van der Waals surface area contributed by atoms with Crippen molar-refractivity contribution < 1.29 is 23.5 Å². The van der Waals surface area contributed by atoms with E-state index in [0.29, 0.717) is 5.75 Å². The first-order valence-electron chi connectivity index (χ1n) is 8.32. The molecule has 0 saturated heterocycles. The molecule has 0 bridgehead atoms. The highest BCUT2D eigenvalue weighted by Gasteiger charge is 2.45. The Bertz CT molecular complexity index is 961. The fourth-order valence-corrected chi connectivity index (χ4v) is 3.05. The summed E-state index contributed by atoms with van der Waals surface area (Å²) in [5.41, 5.74) is 2.63. The molecule has 4 rings (SSSR count). The van der Waals surface area contributed by atoms with Gasteiger partial charge in [0.25, 0.3) is 0 Å². The Morgan fingerprint density at radius 1 is 1.07 bits per heavy atom. The van der Waals surface area contributed by atoms with E-state index in [-0.39, 0.29) is 24.5 Å². The third-order valence-electron chi connectivity index (χ3n) is 4.55. The molecular formula is C19H15F2N3O3. The van der Waals surface area contributed by atoms with Gasteiger partial charge in [0.2, 0.25) is 5.92 Å². The van der Waals surface area contributed by atoms with Crippen LogP contribution >= 0.6 is 0 Å². The zero-order valence-corrected chi connectivity index (χ0v) is 14.0. The molecule has 1 aliphatic carbocycles. The summed E-state index contributed by atoms with van der Waals surface area (Å²) < 4.78 is 26.0. The van der Waals surface area contributed by atoms with Crippen LogP contribution in [0.3, 0.4) is 0 Å². The van der Waals surface area contributed by atoms with Gasteiger partial charge in [0.15, 0.2) is 11.4 Å². The summed E-state index contributed by atoms with van der Waals surface area (Å²) in [6.45, 7) is 0. The molecule has 1 fully saturated rings. The SMILES string of the molecule is O=C(O)c1cn(Oc2ccc(-c3ccc(C4CC(F)(F)C4)cc3)cc2)nn1. The maximum Gasteiger partial charge on any atom is 0.358 e. The molecule has 0 atom stereocenters. The fraction of sp³-hybridized carbons (Fsp3) is 0.211. The van der Waals surface area contributed by atoms with E-state index in [1.54, 1.807) is 12.1 Å². The largest absolute Gasteiger partial charge is 0.476 e. The van der Waals surface area contributed by atoms with Crippen molar-refractivity contribution in [2.75, 3.05) is 0 Å². The molecule has 27 heavy (non-hydrogen) atoms. The first-order chi connectivity index (χ1) is 12.9. The van der Waals surface area contributed by atoms with E-state index in [9.17, 15) is 13.6 Å². The first-order valence-corrected chi connectivity index (χ1v) is 8.32. The number of benzene rings is 2. The molecule has 1 saturated carbocycles. The Kier molecular flexibility index (Phi) is 4.10. The van der Waals surface area contributed by atoms with Crippen molar-refractivity contribution in [1.29, 1.82) is 0 Å². The van der Waals surface area contributed by atoms with Gasteiger partial charge in [-0.2, -0.15) is 0 Å². The lowest BCUT2D eigenvalue weighted by Crippen LogP contribution is -2.33. The Morgan fingerprint density at radius 3 is 2.19 bits per heavy atom. The lowest BCUT2D eigenvalue weighted by molar-refractivity contribution is -0.0867. The van der Waals surface area contributed by atoms with Gasteiger partial charge in [-0.1, -0.05) is 41.2 Å². The number of nitrogens with zero attached hydrogens (tertiary/aromatic N) is 3. The molecule has 0 aliphatic heterocycles. The third-order valence-corrected chi connectivity index (χ3v) is 4.55. The van der Waals surface area contributed by atoms with Crippen LogP contribution in [-0.2, 0) is 0 Å². The lowest BCUT2D eigenvalue weighted by Gasteiger charge is -2.35. The number of rotatable bonds is 5. The van der Waals surface area contributed by atoms with Crippen LogP contribution in [-0.4, -0.2) is 32.2 Å². The summed E-state index contributed by atoms with van der Waals surface area (Å²) in [6.07, 6.45) is 1.01. The number of alkyl halides is 2. The van der Waals surface area contributed by atoms with Crippen molar-refractivity contribution in [2.45, 2.75) is 24.7 Å². The number of halogens is 2. The van der Waals surface area contributed by atoms with Gasteiger partial charge in [-0.3, -0.25) is 0 Å². The van der Waals surface area contributed by atoms with Crippen molar-refractivity contribution in [1.82, 2.24) is 15.2 Å². The predicted molar refractivity (Wildman–Crippen MR) is 91.8 cm³/mol. The van der Waals surface area contributed by atoms with Gasteiger partial charge < -0.3 is 9.94 Å². The van der Waals surface area contributed by atoms with Crippen molar-refractivity contribution in [3.8, 4) is 16.9 Å². The van der Waals surface area contributed by atoms with Gasteiger partial charge in [0.1, 0.15) is 6.20 Å². The van der Waals surface area contributed by atoms with Crippen LogP contribution in [0.25, 0.3) is 11.1 Å². The van der Waals surface area contributed by atoms with Gasteiger partial charge in [-0.25, -0.2) is 13.6 Å².